The summed E-state index contributed by atoms with van der Waals surface area (Å²) < 4.78 is 50.4. The van der Waals surface area contributed by atoms with Crippen LogP contribution in [0.1, 0.15) is 74.0 Å². The minimum atomic E-state index is -0.843. The van der Waals surface area contributed by atoms with Crippen molar-refractivity contribution in [3.05, 3.63) is 71.2 Å². The molecule has 4 unspecified atom stereocenters. The first kappa shape index (κ1) is 37.9. The summed E-state index contributed by atoms with van der Waals surface area (Å²) in [5.41, 5.74) is 9.02. The van der Waals surface area contributed by atoms with Crippen molar-refractivity contribution in [1.29, 1.82) is 0 Å². The van der Waals surface area contributed by atoms with Gasteiger partial charge in [0.05, 0.1) is 23.7 Å². The number of nitrogens with zero attached hydrogens (tertiary/aromatic N) is 2. The maximum absolute atomic E-state index is 14.3. The average molecular weight is 647 g/mol. The van der Waals surface area contributed by atoms with Gasteiger partial charge in [-0.1, -0.05) is 33.6 Å². The Morgan fingerprint density at radius 1 is 1.11 bits per heavy atom. The Hall–Kier alpha value is -3.28. The number of aryl methyl sites for hydroxylation is 1. The summed E-state index contributed by atoms with van der Waals surface area (Å²) in [5.74, 6) is -0.169. The Balaban J connectivity index is 0.000000289. The van der Waals surface area contributed by atoms with E-state index in [0.717, 1.165) is 37.1 Å². The number of pyridine rings is 2. The number of carbonyl (C=O) groups is 1. The number of methoxy groups -OCH3 is 1. The number of anilines is 1. The van der Waals surface area contributed by atoms with E-state index in [0.29, 0.717) is 36.0 Å². The van der Waals surface area contributed by atoms with E-state index in [-0.39, 0.29) is 34.8 Å². The molecule has 0 spiro atoms. The van der Waals surface area contributed by atoms with Gasteiger partial charge < -0.3 is 20.5 Å². The fraction of sp³-hybridized carbons (Fsp3) is 0.500. The fourth-order valence-electron chi connectivity index (χ4n) is 5.59. The van der Waals surface area contributed by atoms with Gasteiger partial charge in [-0.3, -0.25) is 14.0 Å². The summed E-state index contributed by atoms with van der Waals surface area (Å²) in [5, 5.41) is 3.35. The van der Waals surface area contributed by atoms with E-state index in [4.69, 9.17) is 15.2 Å². The lowest BCUT2D eigenvalue weighted by atomic mass is 9.74. The third kappa shape index (κ3) is 10.6. The molecule has 248 valence electrons. The number of nitrogens with one attached hydrogen (secondary N) is 1. The highest BCUT2D eigenvalue weighted by molar-refractivity contribution is 7.85. The van der Waals surface area contributed by atoms with Crippen molar-refractivity contribution in [1.82, 2.24) is 9.97 Å². The van der Waals surface area contributed by atoms with Crippen LogP contribution in [0.4, 0.5) is 14.5 Å². The van der Waals surface area contributed by atoms with Gasteiger partial charge in [0, 0.05) is 55.1 Å². The summed E-state index contributed by atoms with van der Waals surface area (Å²) in [6, 6.07) is 7.17. The molecule has 3 aromatic rings. The molecule has 0 bridgehead atoms. The number of rotatable bonds is 10. The van der Waals surface area contributed by atoms with Crippen LogP contribution in [0.3, 0.4) is 0 Å². The molecule has 1 fully saturated rings. The molecule has 1 saturated carbocycles. The van der Waals surface area contributed by atoms with Gasteiger partial charge in [0.1, 0.15) is 35.4 Å². The number of benzene rings is 1. The van der Waals surface area contributed by atoms with Crippen LogP contribution in [0.2, 0.25) is 0 Å². The predicted octanol–water partition coefficient (Wildman–Crippen LogP) is 6.69. The van der Waals surface area contributed by atoms with Crippen molar-refractivity contribution in [3.8, 4) is 17.0 Å². The second-order valence-corrected chi connectivity index (χ2v) is 12.5. The number of aldehydes is 1. The van der Waals surface area contributed by atoms with Gasteiger partial charge in [0.15, 0.2) is 6.29 Å². The minimum absolute atomic E-state index is 0.0142. The molecule has 45 heavy (non-hydrogen) atoms. The fourth-order valence-corrected chi connectivity index (χ4v) is 7.03. The van der Waals surface area contributed by atoms with Crippen molar-refractivity contribution >= 4 is 22.8 Å². The first-order chi connectivity index (χ1) is 21.6. The Morgan fingerprint density at radius 3 is 2.40 bits per heavy atom. The molecule has 0 saturated heterocycles. The lowest BCUT2D eigenvalue weighted by Crippen LogP contribution is -2.47. The molecule has 0 amide bonds. The van der Waals surface area contributed by atoms with Crippen LogP contribution in [0.5, 0.6) is 5.75 Å². The average Bonchev–Trinajstić information content (AvgIpc) is 3.01. The molecule has 4 rings (SSSR count). The van der Waals surface area contributed by atoms with E-state index < -0.39 is 22.4 Å². The Labute approximate surface area is 269 Å². The van der Waals surface area contributed by atoms with Crippen LogP contribution in [-0.4, -0.2) is 65.4 Å². The molecule has 1 aromatic carbocycles. The van der Waals surface area contributed by atoms with E-state index in [9.17, 15) is 17.8 Å². The van der Waals surface area contributed by atoms with E-state index in [1.54, 1.807) is 19.2 Å². The van der Waals surface area contributed by atoms with Crippen LogP contribution in [0.15, 0.2) is 42.7 Å². The maximum atomic E-state index is 14.3. The number of halogens is 2. The predicted molar refractivity (Wildman–Crippen MR) is 178 cm³/mol. The molecule has 2 aromatic heterocycles. The van der Waals surface area contributed by atoms with Gasteiger partial charge >= 0.3 is 0 Å². The van der Waals surface area contributed by atoms with Crippen LogP contribution >= 0.6 is 0 Å². The Kier molecular flexibility index (Phi) is 16.2. The highest BCUT2D eigenvalue weighted by Crippen LogP contribution is 2.41. The highest BCUT2D eigenvalue weighted by Gasteiger charge is 2.38. The van der Waals surface area contributed by atoms with Crippen LogP contribution in [0, 0.1) is 24.5 Å². The Bertz CT molecular complexity index is 1370. The van der Waals surface area contributed by atoms with Gasteiger partial charge in [-0.2, -0.15) is 0 Å². The molecule has 3 N–H and O–H groups in total. The van der Waals surface area contributed by atoms with E-state index in [1.807, 2.05) is 19.4 Å². The van der Waals surface area contributed by atoms with E-state index in [2.05, 4.69) is 42.1 Å². The minimum Gasteiger partial charge on any atom is -0.491 e. The monoisotopic (exact) mass is 646 g/mol. The zero-order chi connectivity index (χ0) is 33.5. The van der Waals surface area contributed by atoms with Gasteiger partial charge in [0.2, 0.25) is 0 Å². The molecule has 2 heterocycles. The summed E-state index contributed by atoms with van der Waals surface area (Å²) in [6.07, 6.45) is 10.2. The topological polar surface area (TPSA) is 116 Å². The quantitative estimate of drug-likeness (QED) is 0.185. The van der Waals surface area contributed by atoms with Crippen LogP contribution < -0.4 is 15.8 Å². The normalized spacial score (nSPS) is 19.7. The van der Waals surface area contributed by atoms with Gasteiger partial charge in [0.25, 0.3) is 0 Å². The molecular weight excluding hydrogens is 598 g/mol. The van der Waals surface area contributed by atoms with Gasteiger partial charge in [-0.15, -0.1) is 0 Å². The van der Waals surface area contributed by atoms with Gasteiger partial charge in [-0.25, -0.2) is 13.8 Å². The van der Waals surface area contributed by atoms with E-state index in [1.165, 1.54) is 25.2 Å². The van der Waals surface area contributed by atoms with Crippen molar-refractivity contribution in [2.24, 2.45) is 11.7 Å². The maximum Gasteiger partial charge on any atom is 0.168 e. The number of aromatic nitrogens is 2. The van der Waals surface area contributed by atoms with Crippen molar-refractivity contribution in [2.75, 3.05) is 38.9 Å². The number of hydrogen-bond donors (Lipinski definition) is 2. The van der Waals surface area contributed by atoms with Crippen molar-refractivity contribution in [2.45, 2.75) is 70.6 Å². The molecule has 8 nitrogen and oxygen atoms in total. The number of hydrogen-bond acceptors (Lipinski definition) is 8. The zero-order valence-electron chi connectivity index (χ0n) is 27.4. The summed E-state index contributed by atoms with van der Waals surface area (Å²) >= 11 is 0. The molecule has 0 aliphatic heterocycles. The lowest BCUT2D eigenvalue weighted by molar-refractivity contribution is 0.111. The molecule has 11 heteroatoms. The third-order valence-electron chi connectivity index (χ3n) is 7.54. The van der Waals surface area contributed by atoms with Crippen molar-refractivity contribution < 1.29 is 27.3 Å². The van der Waals surface area contributed by atoms with Gasteiger partial charge in [-0.05, 0) is 67.0 Å². The molecule has 1 aliphatic rings. The molecule has 1 aliphatic carbocycles. The standard InChI is InChI=1S/C16H15F2NO3.C15H25N3OS.C3H8/c1-10-7-12(22-6-5-21-2)8-14(18)15(10)16-13(17)4-3-11(9-20)19-16;1-4-10-7-11(8-13(16)15(10)20(3)19)12-5-6-18-9-14(12)17-2;1-3-2/h3-4,7-9H,5-6H2,1-2H3;5-6,9-11,13,15,17H,4,7-8,16H2,1-3H3;3H2,1-2H3/t;10?,11?,13?,15-,20?;/m.0./s1. The zero-order valence-corrected chi connectivity index (χ0v) is 28.3. The summed E-state index contributed by atoms with van der Waals surface area (Å²) in [4.78, 5) is 18.8. The molecule has 0 radical (unpaired) electrons. The number of carbonyl (C=O) groups excluding carboxylic acids is 1. The van der Waals surface area contributed by atoms with Crippen molar-refractivity contribution in [3.63, 3.8) is 0 Å². The first-order valence-corrected chi connectivity index (χ1v) is 16.9. The summed E-state index contributed by atoms with van der Waals surface area (Å²) in [6.45, 7) is 8.70. The first-order valence-electron chi connectivity index (χ1n) is 15.3. The summed E-state index contributed by atoms with van der Waals surface area (Å²) in [7, 11) is 2.61. The lowest BCUT2D eigenvalue weighted by Gasteiger charge is -2.39. The SMILES string of the molecule is CCC.CCC1CC(c2ccncc2NC)CC(N)[C@H]1S(C)=O.COCCOc1cc(C)c(-c2nc(C=O)ccc2F)c(F)c1. The second-order valence-electron chi connectivity index (χ2n) is 11.0. The van der Waals surface area contributed by atoms with Crippen LogP contribution in [0.25, 0.3) is 11.3 Å². The molecule has 5 atom stereocenters. The van der Waals surface area contributed by atoms with E-state index >= 15 is 0 Å². The van der Waals surface area contributed by atoms with Crippen LogP contribution in [-0.2, 0) is 15.5 Å². The number of nitrogens with two attached hydrogens (primary N) is 1. The largest absolute Gasteiger partial charge is 0.491 e. The Morgan fingerprint density at radius 2 is 1.82 bits per heavy atom. The highest BCUT2D eigenvalue weighted by atomic mass is 32.2. The third-order valence-corrected chi connectivity index (χ3v) is 9.05. The molecular formula is C34H48F2N4O4S. The second kappa shape index (κ2) is 19.3. The smallest absolute Gasteiger partial charge is 0.168 e. The number of ether oxygens (including phenoxy) is 2.